The molecule has 0 aliphatic rings. The zero-order valence-corrected chi connectivity index (χ0v) is 6.24. The Morgan fingerprint density at radius 3 is 2.20 bits per heavy atom. The molecule has 0 rings (SSSR count). The van der Waals surface area contributed by atoms with Crippen LogP contribution in [0.4, 0.5) is 8.78 Å². The van der Waals surface area contributed by atoms with E-state index in [-0.39, 0.29) is 0 Å². The summed E-state index contributed by atoms with van der Waals surface area (Å²) < 4.78 is 24.1. The maximum absolute atomic E-state index is 12.1. The molecule has 0 heterocycles. The lowest BCUT2D eigenvalue weighted by atomic mass is 9.94. The summed E-state index contributed by atoms with van der Waals surface area (Å²) in [4.78, 5) is 0. The number of hydrogen-bond acceptors (Lipinski definition) is 0. The van der Waals surface area contributed by atoms with Gasteiger partial charge in [-0.1, -0.05) is 19.1 Å². The Morgan fingerprint density at radius 2 is 1.90 bits per heavy atom. The van der Waals surface area contributed by atoms with E-state index in [1.54, 1.807) is 19.1 Å². The third-order valence-electron chi connectivity index (χ3n) is 1.30. The summed E-state index contributed by atoms with van der Waals surface area (Å²) in [7, 11) is 0. The van der Waals surface area contributed by atoms with E-state index in [4.69, 9.17) is 0 Å². The van der Waals surface area contributed by atoms with E-state index in [1.165, 1.54) is 0 Å². The second-order valence-corrected chi connectivity index (χ2v) is 2.61. The average molecular weight is 147 g/mol. The Hall–Kier alpha value is -0.400. The van der Waals surface area contributed by atoms with Gasteiger partial charge in [-0.3, -0.25) is 8.78 Å². The van der Waals surface area contributed by atoms with Gasteiger partial charge in [0.2, 0.25) is 0 Å². The van der Waals surface area contributed by atoms with Crippen LogP contribution in [0, 0.1) is 12.3 Å². The molecule has 0 amide bonds. The van der Waals surface area contributed by atoms with Crippen molar-refractivity contribution in [1.29, 1.82) is 0 Å². The standard InChI is InChI=1S/C8H13F2/c1-3-4-5-8(2,6-9)7-10/h4-5H,1,3,6-7H2,2H3. The Morgan fingerprint density at radius 1 is 1.40 bits per heavy atom. The molecule has 0 aromatic carbocycles. The van der Waals surface area contributed by atoms with Crippen molar-refractivity contribution in [2.45, 2.75) is 13.3 Å². The second-order valence-electron chi connectivity index (χ2n) is 2.61. The Labute approximate surface area is 60.9 Å². The summed E-state index contributed by atoms with van der Waals surface area (Å²) in [5, 5.41) is 0. The van der Waals surface area contributed by atoms with Gasteiger partial charge in [-0.15, -0.1) is 0 Å². The van der Waals surface area contributed by atoms with Gasteiger partial charge in [0.1, 0.15) is 13.3 Å². The third kappa shape index (κ3) is 2.95. The fourth-order valence-electron chi connectivity index (χ4n) is 0.493. The third-order valence-corrected chi connectivity index (χ3v) is 1.30. The van der Waals surface area contributed by atoms with Crippen LogP contribution in [0.15, 0.2) is 12.2 Å². The van der Waals surface area contributed by atoms with E-state index >= 15 is 0 Å². The molecule has 10 heavy (non-hydrogen) atoms. The first kappa shape index (κ1) is 9.60. The van der Waals surface area contributed by atoms with Crippen LogP contribution >= 0.6 is 0 Å². The number of halogens is 2. The molecule has 0 fully saturated rings. The smallest absolute Gasteiger partial charge is 0.101 e. The Kier molecular flexibility index (Phi) is 4.24. The van der Waals surface area contributed by atoms with Crippen LogP contribution in [-0.4, -0.2) is 13.3 Å². The molecule has 59 valence electrons. The van der Waals surface area contributed by atoms with Crippen molar-refractivity contribution in [2.24, 2.45) is 5.41 Å². The van der Waals surface area contributed by atoms with Crippen molar-refractivity contribution in [3.63, 3.8) is 0 Å². The van der Waals surface area contributed by atoms with Gasteiger partial charge in [0, 0.05) is 5.41 Å². The average Bonchev–Trinajstić information content (AvgIpc) is 2.00. The summed E-state index contributed by atoms with van der Waals surface area (Å²) in [6.45, 7) is 3.76. The molecule has 0 atom stereocenters. The maximum atomic E-state index is 12.1. The molecule has 0 saturated heterocycles. The Balaban J connectivity index is 3.92. The van der Waals surface area contributed by atoms with Gasteiger partial charge in [-0.05, 0) is 13.3 Å². The van der Waals surface area contributed by atoms with Crippen LogP contribution in [0.3, 0.4) is 0 Å². The highest BCUT2D eigenvalue weighted by Crippen LogP contribution is 2.19. The van der Waals surface area contributed by atoms with E-state index in [1.807, 2.05) is 0 Å². The molecule has 0 spiro atoms. The predicted octanol–water partition coefficient (Wildman–Crippen LogP) is 2.71. The minimum atomic E-state index is -0.919. The van der Waals surface area contributed by atoms with Crippen LogP contribution in [0.25, 0.3) is 0 Å². The van der Waals surface area contributed by atoms with Gasteiger partial charge in [0.05, 0.1) is 0 Å². The lowest BCUT2D eigenvalue weighted by Gasteiger charge is -2.16. The molecule has 0 aliphatic heterocycles. The van der Waals surface area contributed by atoms with Crippen molar-refractivity contribution in [2.75, 3.05) is 13.3 Å². The maximum Gasteiger partial charge on any atom is 0.101 e. The first-order valence-electron chi connectivity index (χ1n) is 3.27. The van der Waals surface area contributed by atoms with Crippen LogP contribution in [-0.2, 0) is 0 Å². The molecule has 0 unspecified atom stereocenters. The molecule has 2 heteroatoms. The summed E-state index contributed by atoms with van der Waals surface area (Å²) in [6.07, 6.45) is 3.80. The highest BCUT2D eigenvalue weighted by molar-refractivity contribution is 4.97. The SMILES string of the molecule is [CH2]CC=CC(C)(CF)CF. The van der Waals surface area contributed by atoms with E-state index in [2.05, 4.69) is 6.92 Å². The molecular formula is C8H13F2. The monoisotopic (exact) mass is 147 g/mol. The molecule has 1 radical (unpaired) electrons. The first-order chi connectivity index (χ1) is 4.68. The number of rotatable bonds is 4. The van der Waals surface area contributed by atoms with Crippen molar-refractivity contribution in [3.05, 3.63) is 19.1 Å². The molecule has 0 nitrogen and oxygen atoms in total. The summed E-state index contributed by atoms with van der Waals surface area (Å²) in [5.74, 6) is 0. The fourth-order valence-corrected chi connectivity index (χ4v) is 0.493. The zero-order chi connectivity index (χ0) is 8.04. The second kappa shape index (κ2) is 4.42. The molecule has 0 aromatic rings. The largest absolute Gasteiger partial charge is 0.250 e. The minimum absolute atomic E-state index is 0.579. The van der Waals surface area contributed by atoms with Gasteiger partial charge >= 0.3 is 0 Å². The normalized spacial score (nSPS) is 12.8. The van der Waals surface area contributed by atoms with Crippen LogP contribution in [0.1, 0.15) is 13.3 Å². The molecule has 0 aromatic heterocycles. The van der Waals surface area contributed by atoms with Gasteiger partial charge < -0.3 is 0 Å². The first-order valence-corrected chi connectivity index (χ1v) is 3.27. The lowest BCUT2D eigenvalue weighted by molar-refractivity contribution is 0.230. The van der Waals surface area contributed by atoms with E-state index in [0.717, 1.165) is 0 Å². The summed E-state index contributed by atoms with van der Waals surface area (Å²) >= 11 is 0. The molecule has 0 saturated carbocycles. The van der Waals surface area contributed by atoms with E-state index < -0.39 is 18.8 Å². The van der Waals surface area contributed by atoms with E-state index in [9.17, 15) is 8.78 Å². The van der Waals surface area contributed by atoms with Crippen molar-refractivity contribution in [3.8, 4) is 0 Å². The fraction of sp³-hybridized carbons (Fsp3) is 0.625. The topological polar surface area (TPSA) is 0 Å². The van der Waals surface area contributed by atoms with Gasteiger partial charge in [-0.25, -0.2) is 0 Å². The molecule has 0 bridgehead atoms. The molecule has 0 N–H and O–H groups in total. The summed E-state index contributed by atoms with van der Waals surface area (Å²) in [6, 6.07) is 0. The van der Waals surface area contributed by atoms with Crippen LogP contribution in [0.2, 0.25) is 0 Å². The zero-order valence-electron chi connectivity index (χ0n) is 6.24. The van der Waals surface area contributed by atoms with Gasteiger partial charge in [-0.2, -0.15) is 0 Å². The van der Waals surface area contributed by atoms with Crippen LogP contribution in [0.5, 0.6) is 0 Å². The van der Waals surface area contributed by atoms with Crippen molar-refractivity contribution < 1.29 is 8.78 Å². The van der Waals surface area contributed by atoms with Crippen molar-refractivity contribution in [1.82, 2.24) is 0 Å². The number of allylic oxidation sites excluding steroid dienone is 2. The molecular weight excluding hydrogens is 134 g/mol. The lowest BCUT2D eigenvalue weighted by Crippen LogP contribution is -2.18. The molecule has 0 aliphatic carbocycles. The predicted molar refractivity (Wildman–Crippen MR) is 39.2 cm³/mol. The van der Waals surface area contributed by atoms with Crippen molar-refractivity contribution >= 4 is 0 Å². The highest BCUT2D eigenvalue weighted by Gasteiger charge is 2.19. The number of hydrogen-bond donors (Lipinski definition) is 0. The van der Waals surface area contributed by atoms with Gasteiger partial charge in [0.15, 0.2) is 0 Å². The quantitative estimate of drug-likeness (QED) is 0.536. The highest BCUT2D eigenvalue weighted by atomic mass is 19.1. The van der Waals surface area contributed by atoms with Gasteiger partial charge in [0.25, 0.3) is 0 Å². The number of alkyl halides is 2. The van der Waals surface area contributed by atoms with Crippen LogP contribution < -0.4 is 0 Å². The van der Waals surface area contributed by atoms with E-state index in [0.29, 0.717) is 6.42 Å². The Bertz CT molecular complexity index is 104. The minimum Gasteiger partial charge on any atom is -0.250 e. The summed E-state index contributed by atoms with van der Waals surface area (Å²) in [5.41, 5.74) is -0.919.